The maximum atomic E-state index is 10.6. The molecule has 1 unspecified atom stereocenters. The first-order valence-corrected chi connectivity index (χ1v) is 7.18. The van der Waals surface area contributed by atoms with Gasteiger partial charge in [0, 0.05) is 35.1 Å². The van der Waals surface area contributed by atoms with Gasteiger partial charge in [0.2, 0.25) is 0 Å². The first-order chi connectivity index (χ1) is 9.58. The maximum Gasteiger partial charge on any atom is 0.324 e. The average Bonchev–Trinajstić information content (AvgIpc) is 2.88. The van der Waals surface area contributed by atoms with E-state index in [1.165, 1.54) is 6.07 Å². The molecule has 7 heteroatoms. The molecule has 2 aromatic rings. The number of aliphatic hydroxyl groups excluding tert-OH is 1. The summed E-state index contributed by atoms with van der Waals surface area (Å²) in [5.74, 6) is 0. The van der Waals surface area contributed by atoms with Crippen LogP contribution in [-0.2, 0) is 6.54 Å². The van der Waals surface area contributed by atoms with Crippen molar-refractivity contribution in [1.82, 2.24) is 5.32 Å². The topological polar surface area (TPSA) is 75.4 Å². The van der Waals surface area contributed by atoms with Crippen molar-refractivity contribution >= 4 is 27.9 Å². The van der Waals surface area contributed by atoms with E-state index in [0.29, 0.717) is 23.7 Å². The Labute approximate surface area is 125 Å². The Kier molecular flexibility index (Phi) is 5.08. The Morgan fingerprint density at radius 3 is 2.85 bits per heavy atom. The van der Waals surface area contributed by atoms with Crippen molar-refractivity contribution in [3.05, 3.63) is 62.0 Å². The van der Waals surface area contributed by atoms with E-state index in [2.05, 4.69) is 5.32 Å². The molecular formula is C13H13ClN2O3S. The Morgan fingerprint density at radius 2 is 2.20 bits per heavy atom. The molecule has 0 aliphatic heterocycles. The molecule has 0 aliphatic rings. The van der Waals surface area contributed by atoms with E-state index < -0.39 is 11.0 Å². The van der Waals surface area contributed by atoms with E-state index in [9.17, 15) is 15.2 Å². The van der Waals surface area contributed by atoms with Gasteiger partial charge >= 0.3 is 5.00 Å². The lowest BCUT2D eigenvalue weighted by molar-refractivity contribution is -0.380. The Hall–Kier alpha value is -1.47. The minimum atomic E-state index is -0.711. The van der Waals surface area contributed by atoms with Crippen LogP contribution < -0.4 is 5.32 Å². The Morgan fingerprint density at radius 1 is 1.45 bits per heavy atom. The fourth-order valence-electron chi connectivity index (χ4n) is 1.76. The summed E-state index contributed by atoms with van der Waals surface area (Å²) in [6.45, 7) is 0.791. The molecule has 0 fully saturated rings. The van der Waals surface area contributed by atoms with E-state index in [4.69, 9.17) is 11.6 Å². The highest BCUT2D eigenvalue weighted by Gasteiger charge is 2.12. The lowest BCUT2D eigenvalue weighted by Gasteiger charge is -2.13. The van der Waals surface area contributed by atoms with Gasteiger partial charge in [-0.3, -0.25) is 10.1 Å². The van der Waals surface area contributed by atoms with E-state index in [0.717, 1.165) is 16.9 Å². The molecule has 1 aromatic carbocycles. The molecule has 1 aromatic heterocycles. The fraction of sp³-hybridized carbons (Fsp3) is 0.231. The van der Waals surface area contributed by atoms with E-state index in [1.54, 1.807) is 23.6 Å². The predicted molar refractivity (Wildman–Crippen MR) is 79.1 cm³/mol. The normalized spacial score (nSPS) is 12.3. The number of benzene rings is 1. The summed E-state index contributed by atoms with van der Waals surface area (Å²) in [6.07, 6.45) is -0.711. The van der Waals surface area contributed by atoms with Crippen molar-refractivity contribution in [3.63, 3.8) is 0 Å². The van der Waals surface area contributed by atoms with Gasteiger partial charge in [0.25, 0.3) is 0 Å². The molecule has 106 valence electrons. The number of hydrogen-bond acceptors (Lipinski definition) is 5. The van der Waals surface area contributed by atoms with Crippen molar-refractivity contribution < 1.29 is 10.0 Å². The van der Waals surface area contributed by atoms with Gasteiger partial charge in [0.05, 0.1) is 11.0 Å². The largest absolute Gasteiger partial charge is 0.387 e. The van der Waals surface area contributed by atoms with Gasteiger partial charge in [-0.05, 0) is 11.6 Å². The highest BCUT2D eigenvalue weighted by atomic mass is 35.5. The maximum absolute atomic E-state index is 10.6. The SMILES string of the molecule is O=[N+]([O-])c1cc(CNCC(O)c2ccccc2Cl)cs1. The van der Waals surface area contributed by atoms with Crippen LogP contribution in [0.4, 0.5) is 5.00 Å². The van der Waals surface area contributed by atoms with Crippen LogP contribution in [0.1, 0.15) is 17.2 Å². The summed E-state index contributed by atoms with van der Waals surface area (Å²) in [4.78, 5) is 10.1. The first-order valence-electron chi connectivity index (χ1n) is 5.93. The third-order valence-corrected chi connectivity index (χ3v) is 4.02. The van der Waals surface area contributed by atoms with Crippen LogP contribution in [0, 0.1) is 10.1 Å². The second kappa shape index (κ2) is 6.81. The van der Waals surface area contributed by atoms with E-state index >= 15 is 0 Å². The van der Waals surface area contributed by atoms with Crippen molar-refractivity contribution in [2.75, 3.05) is 6.54 Å². The molecule has 0 spiro atoms. The number of hydrogen-bond donors (Lipinski definition) is 2. The molecule has 5 nitrogen and oxygen atoms in total. The standard InChI is InChI=1S/C13H13ClN2O3S/c14-11-4-2-1-3-10(11)12(17)7-15-6-9-5-13(16(18)19)20-8-9/h1-5,8,12,15,17H,6-7H2. The average molecular weight is 313 g/mol. The van der Waals surface area contributed by atoms with Crippen LogP contribution in [0.3, 0.4) is 0 Å². The van der Waals surface area contributed by atoms with Crippen LogP contribution in [-0.4, -0.2) is 16.6 Å². The first kappa shape index (κ1) is 14.9. The molecule has 2 N–H and O–H groups in total. The summed E-state index contributed by atoms with van der Waals surface area (Å²) in [5, 5.41) is 26.0. The lowest BCUT2D eigenvalue weighted by Crippen LogP contribution is -2.21. The quantitative estimate of drug-likeness (QED) is 0.634. The molecular weight excluding hydrogens is 300 g/mol. The second-order valence-corrected chi connectivity index (χ2v) is 5.52. The highest BCUT2D eigenvalue weighted by Crippen LogP contribution is 2.23. The predicted octanol–water partition coefficient (Wildman–Crippen LogP) is 3.13. The molecule has 0 saturated heterocycles. The molecule has 0 amide bonds. The molecule has 2 rings (SSSR count). The van der Waals surface area contributed by atoms with Crippen molar-refractivity contribution in [3.8, 4) is 0 Å². The summed E-state index contributed by atoms with van der Waals surface area (Å²) in [5.41, 5.74) is 1.49. The van der Waals surface area contributed by atoms with Crippen molar-refractivity contribution in [2.45, 2.75) is 12.6 Å². The zero-order valence-corrected chi connectivity index (χ0v) is 12.0. The fourth-order valence-corrected chi connectivity index (χ4v) is 2.75. The Bertz CT molecular complexity index is 603. The van der Waals surface area contributed by atoms with Gasteiger partial charge in [0.1, 0.15) is 0 Å². The number of aliphatic hydroxyl groups is 1. The molecule has 0 radical (unpaired) electrons. The molecule has 1 atom stereocenters. The minimum Gasteiger partial charge on any atom is -0.387 e. The van der Waals surface area contributed by atoms with Gasteiger partial charge in [-0.25, -0.2) is 0 Å². The van der Waals surface area contributed by atoms with Crippen LogP contribution in [0.2, 0.25) is 5.02 Å². The zero-order valence-electron chi connectivity index (χ0n) is 10.5. The Balaban J connectivity index is 1.86. The van der Waals surface area contributed by atoms with Crippen LogP contribution in [0.25, 0.3) is 0 Å². The van der Waals surface area contributed by atoms with Crippen LogP contribution >= 0.6 is 22.9 Å². The monoisotopic (exact) mass is 312 g/mol. The summed E-state index contributed by atoms with van der Waals surface area (Å²) >= 11 is 7.08. The smallest absolute Gasteiger partial charge is 0.324 e. The number of nitrogens with zero attached hydrogens (tertiary/aromatic N) is 1. The molecule has 0 aliphatic carbocycles. The van der Waals surface area contributed by atoms with Gasteiger partial charge in [-0.15, -0.1) is 0 Å². The van der Waals surface area contributed by atoms with Crippen molar-refractivity contribution in [1.29, 1.82) is 0 Å². The van der Waals surface area contributed by atoms with Gasteiger partial charge in [-0.2, -0.15) is 0 Å². The van der Waals surface area contributed by atoms with Crippen LogP contribution in [0.15, 0.2) is 35.7 Å². The molecule has 0 saturated carbocycles. The van der Waals surface area contributed by atoms with E-state index in [1.807, 2.05) is 6.07 Å². The third kappa shape index (κ3) is 3.77. The molecule has 0 bridgehead atoms. The number of nitrogens with one attached hydrogen (secondary N) is 1. The number of rotatable bonds is 6. The summed E-state index contributed by atoms with van der Waals surface area (Å²) in [7, 11) is 0. The number of nitro groups is 1. The number of thiophene rings is 1. The molecule has 1 heterocycles. The van der Waals surface area contributed by atoms with Crippen LogP contribution in [0.5, 0.6) is 0 Å². The van der Waals surface area contributed by atoms with Crippen molar-refractivity contribution in [2.24, 2.45) is 0 Å². The van der Waals surface area contributed by atoms with E-state index in [-0.39, 0.29) is 5.00 Å². The third-order valence-electron chi connectivity index (χ3n) is 2.75. The lowest BCUT2D eigenvalue weighted by atomic mass is 10.1. The minimum absolute atomic E-state index is 0.119. The second-order valence-electron chi connectivity index (χ2n) is 4.22. The van der Waals surface area contributed by atoms with Gasteiger partial charge in [-0.1, -0.05) is 41.1 Å². The molecule has 20 heavy (non-hydrogen) atoms. The van der Waals surface area contributed by atoms with Gasteiger partial charge < -0.3 is 10.4 Å². The zero-order chi connectivity index (χ0) is 14.5. The summed E-state index contributed by atoms with van der Waals surface area (Å²) in [6, 6.07) is 8.63. The summed E-state index contributed by atoms with van der Waals surface area (Å²) < 4.78 is 0. The van der Waals surface area contributed by atoms with Gasteiger partial charge in [0.15, 0.2) is 0 Å². The highest BCUT2D eigenvalue weighted by molar-refractivity contribution is 7.13. The number of halogens is 1.